The lowest BCUT2D eigenvalue weighted by Gasteiger charge is -2.07. The van der Waals surface area contributed by atoms with Gasteiger partial charge in [0.05, 0.1) is 7.11 Å². The Labute approximate surface area is 172 Å². The predicted octanol–water partition coefficient (Wildman–Crippen LogP) is 5.69. The molecule has 0 aliphatic heterocycles. The van der Waals surface area contributed by atoms with Crippen molar-refractivity contribution in [2.75, 3.05) is 12.4 Å². The van der Waals surface area contributed by atoms with E-state index in [2.05, 4.69) is 21.2 Å². The van der Waals surface area contributed by atoms with Crippen molar-refractivity contribution in [3.8, 4) is 11.5 Å². The highest BCUT2D eigenvalue weighted by molar-refractivity contribution is 9.10. The minimum atomic E-state index is -0.194. The number of nitrogens with one attached hydrogen (secondary N) is 1. The second kappa shape index (κ2) is 9.76. The zero-order chi connectivity index (χ0) is 19.8. The topological polar surface area (TPSA) is 47.6 Å². The van der Waals surface area contributed by atoms with Gasteiger partial charge < -0.3 is 14.8 Å². The largest absolute Gasteiger partial charge is 0.497 e. The summed E-state index contributed by atoms with van der Waals surface area (Å²) in [5.74, 6) is 1.33. The Kier molecular flexibility index (Phi) is 6.87. The van der Waals surface area contributed by atoms with E-state index >= 15 is 0 Å². The summed E-state index contributed by atoms with van der Waals surface area (Å²) in [5.41, 5.74) is 2.73. The van der Waals surface area contributed by atoms with E-state index in [0.717, 1.165) is 27.1 Å². The Bertz CT molecular complexity index is 933. The highest BCUT2D eigenvalue weighted by Gasteiger charge is 2.00. The van der Waals surface area contributed by atoms with Crippen molar-refractivity contribution in [3.63, 3.8) is 0 Å². The lowest BCUT2D eigenvalue weighted by molar-refractivity contribution is -0.111. The van der Waals surface area contributed by atoms with Crippen LogP contribution in [0.5, 0.6) is 11.5 Å². The third-order valence-electron chi connectivity index (χ3n) is 3.98. The van der Waals surface area contributed by atoms with E-state index in [1.165, 1.54) is 6.08 Å². The van der Waals surface area contributed by atoms with Crippen molar-refractivity contribution < 1.29 is 14.3 Å². The maximum atomic E-state index is 12.0. The van der Waals surface area contributed by atoms with Gasteiger partial charge in [-0.15, -0.1) is 0 Å². The van der Waals surface area contributed by atoms with E-state index in [-0.39, 0.29) is 5.91 Å². The van der Waals surface area contributed by atoms with Crippen LogP contribution in [0, 0.1) is 0 Å². The third kappa shape index (κ3) is 5.99. The van der Waals surface area contributed by atoms with Gasteiger partial charge >= 0.3 is 0 Å². The summed E-state index contributed by atoms with van der Waals surface area (Å²) in [6.45, 7) is 0.507. The van der Waals surface area contributed by atoms with E-state index in [9.17, 15) is 4.79 Å². The van der Waals surface area contributed by atoms with Gasteiger partial charge in [0.25, 0.3) is 0 Å². The molecular weight excluding hydrogens is 418 g/mol. The Balaban J connectivity index is 1.51. The lowest BCUT2D eigenvalue weighted by atomic mass is 10.2. The fourth-order valence-electron chi connectivity index (χ4n) is 2.45. The quantitative estimate of drug-likeness (QED) is 0.483. The number of benzene rings is 3. The third-order valence-corrected chi connectivity index (χ3v) is 4.51. The van der Waals surface area contributed by atoms with Crippen LogP contribution in [-0.2, 0) is 11.4 Å². The van der Waals surface area contributed by atoms with Crippen LogP contribution in [0.3, 0.4) is 0 Å². The lowest BCUT2D eigenvalue weighted by Crippen LogP contribution is -2.07. The van der Waals surface area contributed by atoms with Gasteiger partial charge in [0, 0.05) is 16.2 Å². The molecule has 4 nitrogen and oxygen atoms in total. The Morgan fingerprint density at radius 2 is 1.57 bits per heavy atom. The number of rotatable bonds is 7. The van der Waals surface area contributed by atoms with E-state index in [4.69, 9.17) is 9.47 Å². The Morgan fingerprint density at radius 1 is 0.929 bits per heavy atom. The van der Waals surface area contributed by atoms with Crippen LogP contribution in [0.1, 0.15) is 11.1 Å². The van der Waals surface area contributed by atoms with Crippen molar-refractivity contribution in [1.29, 1.82) is 0 Å². The minimum absolute atomic E-state index is 0.194. The smallest absolute Gasteiger partial charge is 0.248 e. The first-order chi connectivity index (χ1) is 13.6. The molecular formula is C23H20BrNO3. The molecule has 3 aromatic rings. The summed E-state index contributed by atoms with van der Waals surface area (Å²) in [6.07, 6.45) is 3.26. The van der Waals surface area contributed by atoms with Crippen LogP contribution in [0.15, 0.2) is 83.3 Å². The monoisotopic (exact) mass is 437 g/mol. The molecule has 1 amide bonds. The van der Waals surface area contributed by atoms with Crippen LogP contribution in [0.4, 0.5) is 5.69 Å². The van der Waals surface area contributed by atoms with Crippen molar-refractivity contribution in [1.82, 2.24) is 0 Å². The maximum absolute atomic E-state index is 12.0. The van der Waals surface area contributed by atoms with Gasteiger partial charge in [-0.1, -0.05) is 40.2 Å². The Morgan fingerprint density at radius 3 is 2.21 bits per heavy atom. The number of hydrogen-bond acceptors (Lipinski definition) is 3. The van der Waals surface area contributed by atoms with Gasteiger partial charge in [-0.05, 0) is 65.7 Å². The van der Waals surface area contributed by atoms with Crippen LogP contribution in [0.25, 0.3) is 6.08 Å². The molecule has 0 saturated heterocycles. The number of ether oxygens (including phenoxy) is 2. The summed E-state index contributed by atoms with van der Waals surface area (Å²) < 4.78 is 11.9. The van der Waals surface area contributed by atoms with E-state index in [0.29, 0.717) is 12.3 Å². The van der Waals surface area contributed by atoms with Gasteiger partial charge in [-0.2, -0.15) is 0 Å². The fourth-order valence-corrected chi connectivity index (χ4v) is 2.72. The van der Waals surface area contributed by atoms with Gasteiger partial charge in [-0.25, -0.2) is 0 Å². The molecule has 0 aliphatic rings. The zero-order valence-corrected chi connectivity index (χ0v) is 17.0. The predicted molar refractivity (Wildman–Crippen MR) is 116 cm³/mol. The molecule has 3 aromatic carbocycles. The van der Waals surface area contributed by atoms with Gasteiger partial charge in [0.15, 0.2) is 0 Å². The summed E-state index contributed by atoms with van der Waals surface area (Å²) in [5, 5.41) is 2.81. The van der Waals surface area contributed by atoms with Gasteiger partial charge in [0.2, 0.25) is 5.91 Å². The first kappa shape index (κ1) is 19.7. The summed E-state index contributed by atoms with van der Waals surface area (Å²) in [6, 6.07) is 22.8. The molecule has 0 unspecified atom stereocenters. The van der Waals surface area contributed by atoms with Crippen LogP contribution >= 0.6 is 15.9 Å². The van der Waals surface area contributed by atoms with E-state index in [1.54, 1.807) is 37.5 Å². The van der Waals surface area contributed by atoms with Crippen molar-refractivity contribution in [2.45, 2.75) is 6.61 Å². The first-order valence-corrected chi connectivity index (χ1v) is 9.52. The van der Waals surface area contributed by atoms with Crippen molar-refractivity contribution >= 4 is 33.6 Å². The molecule has 0 fully saturated rings. The maximum Gasteiger partial charge on any atom is 0.248 e. The number of amides is 1. The van der Waals surface area contributed by atoms with Gasteiger partial charge in [-0.3, -0.25) is 4.79 Å². The molecule has 0 aliphatic carbocycles. The molecule has 0 radical (unpaired) electrons. The van der Waals surface area contributed by atoms with Crippen molar-refractivity contribution in [3.05, 3.63) is 94.5 Å². The SMILES string of the molecule is COc1ccc(NC(=O)C=Cc2ccc(OCc3ccc(Br)cc3)cc2)cc1. The standard InChI is InChI=1S/C23H20BrNO3/c1-27-21-13-9-20(10-14-21)25-23(26)15-6-17-4-11-22(12-5-17)28-16-18-2-7-19(24)8-3-18/h2-15H,16H2,1H3,(H,25,26). The molecule has 1 N–H and O–H groups in total. The summed E-state index contributed by atoms with van der Waals surface area (Å²) in [7, 11) is 1.60. The number of carbonyl (C=O) groups excluding carboxylic acids is 1. The molecule has 0 heterocycles. The van der Waals surface area contributed by atoms with Crippen LogP contribution < -0.4 is 14.8 Å². The fraction of sp³-hybridized carbons (Fsp3) is 0.0870. The molecule has 3 rings (SSSR count). The molecule has 0 atom stereocenters. The normalized spacial score (nSPS) is 10.6. The summed E-state index contributed by atoms with van der Waals surface area (Å²) >= 11 is 3.42. The molecule has 28 heavy (non-hydrogen) atoms. The van der Waals surface area contributed by atoms with E-state index in [1.807, 2.05) is 48.5 Å². The van der Waals surface area contributed by atoms with Crippen molar-refractivity contribution in [2.24, 2.45) is 0 Å². The van der Waals surface area contributed by atoms with Crippen LogP contribution in [0.2, 0.25) is 0 Å². The number of anilines is 1. The molecule has 0 aromatic heterocycles. The molecule has 142 valence electrons. The highest BCUT2D eigenvalue weighted by Crippen LogP contribution is 2.17. The van der Waals surface area contributed by atoms with Gasteiger partial charge in [0.1, 0.15) is 18.1 Å². The molecule has 5 heteroatoms. The highest BCUT2D eigenvalue weighted by atomic mass is 79.9. The van der Waals surface area contributed by atoms with Crippen LogP contribution in [-0.4, -0.2) is 13.0 Å². The molecule has 0 saturated carbocycles. The second-order valence-electron chi connectivity index (χ2n) is 6.04. The molecule has 0 spiro atoms. The number of hydrogen-bond donors (Lipinski definition) is 1. The zero-order valence-electron chi connectivity index (χ0n) is 15.4. The number of carbonyl (C=O) groups is 1. The first-order valence-electron chi connectivity index (χ1n) is 8.73. The van der Waals surface area contributed by atoms with E-state index < -0.39 is 0 Å². The average molecular weight is 438 g/mol. The summed E-state index contributed by atoms with van der Waals surface area (Å²) in [4.78, 5) is 12.0. The Hall–Kier alpha value is -3.05. The number of halogens is 1. The molecule has 0 bridgehead atoms. The second-order valence-corrected chi connectivity index (χ2v) is 6.95. The minimum Gasteiger partial charge on any atom is -0.497 e. The average Bonchev–Trinajstić information content (AvgIpc) is 2.73. The number of methoxy groups -OCH3 is 1.